The fraction of sp³-hybridized carbons (Fsp3) is 0.833. The van der Waals surface area contributed by atoms with Crippen LogP contribution in [0.15, 0.2) is 0 Å². The van der Waals surface area contributed by atoms with E-state index in [1.165, 1.54) is 17.7 Å². The van der Waals surface area contributed by atoms with Gasteiger partial charge in [-0.15, -0.1) is 0 Å². The van der Waals surface area contributed by atoms with E-state index in [2.05, 4.69) is 5.32 Å². The van der Waals surface area contributed by atoms with Crippen LogP contribution in [0.5, 0.6) is 0 Å². The van der Waals surface area contributed by atoms with Crippen LogP contribution in [0, 0.1) is 5.92 Å². The lowest BCUT2D eigenvalue weighted by Gasteiger charge is -2.29. The largest absolute Gasteiger partial charge is 0.316 e. The Hall–Kier alpha value is -0.940. The molecule has 2 amide bonds. The zero-order chi connectivity index (χ0) is 12.4. The number of piperidine rings is 1. The van der Waals surface area contributed by atoms with E-state index in [0.29, 0.717) is 12.3 Å². The molecule has 2 atom stereocenters. The van der Waals surface area contributed by atoms with Gasteiger partial charge in [-0.2, -0.15) is 0 Å². The second-order valence-corrected chi connectivity index (χ2v) is 5.16. The van der Waals surface area contributed by atoms with Gasteiger partial charge in [0.2, 0.25) is 11.8 Å². The molecule has 2 fully saturated rings. The first-order chi connectivity index (χ1) is 8.09. The number of likely N-dealkylation sites (tertiary alicyclic amines) is 1. The molecule has 2 aliphatic rings. The van der Waals surface area contributed by atoms with Crippen LogP contribution in [0.3, 0.4) is 0 Å². The minimum atomic E-state index is -0.241. The molecular weight excluding hydrogens is 218 g/mol. The molecule has 2 rings (SSSR count). The number of nitrogens with zero attached hydrogens (tertiary/aromatic N) is 2. The lowest BCUT2D eigenvalue weighted by Crippen LogP contribution is -2.44. The van der Waals surface area contributed by atoms with Gasteiger partial charge in [0.15, 0.2) is 0 Å². The van der Waals surface area contributed by atoms with Gasteiger partial charge in [0.25, 0.3) is 0 Å². The number of carbonyl (C=O) groups excluding carboxylic acids is 2. The van der Waals surface area contributed by atoms with Crippen LogP contribution in [-0.2, 0) is 9.59 Å². The third-order valence-electron chi connectivity index (χ3n) is 3.83. The molecule has 0 aromatic heterocycles. The van der Waals surface area contributed by atoms with E-state index in [9.17, 15) is 9.59 Å². The lowest BCUT2D eigenvalue weighted by atomic mass is 9.98. The highest BCUT2D eigenvalue weighted by Crippen LogP contribution is 2.19. The molecule has 0 bridgehead atoms. The summed E-state index contributed by atoms with van der Waals surface area (Å²) >= 11 is 0. The Kier molecular flexibility index (Phi) is 3.79. The molecular formula is C12H21N3O2. The molecule has 1 N–H and O–H groups in total. The average molecular weight is 239 g/mol. The van der Waals surface area contributed by atoms with Crippen molar-refractivity contribution in [3.05, 3.63) is 0 Å². The summed E-state index contributed by atoms with van der Waals surface area (Å²) in [7, 11) is 3.52. The van der Waals surface area contributed by atoms with Gasteiger partial charge in [0, 0.05) is 13.6 Å². The standard InChI is InChI=1S/C12H21N3O2/c1-14(8-9-4-3-5-13-7-9)10-6-11(16)15(2)12(10)17/h9-10,13H,3-8H2,1-2H3. The molecule has 2 saturated heterocycles. The maximum atomic E-state index is 11.8. The van der Waals surface area contributed by atoms with Gasteiger partial charge in [-0.1, -0.05) is 0 Å². The minimum absolute atomic E-state index is 0.0544. The van der Waals surface area contributed by atoms with E-state index >= 15 is 0 Å². The van der Waals surface area contributed by atoms with E-state index in [0.717, 1.165) is 19.6 Å². The van der Waals surface area contributed by atoms with Crippen LogP contribution in [0.1, 0.15) is 19.3 Å². The fourth-order valence-electron chi connectivity index (χ4n) is 2.69. The van der Waals surface area contributed by atoms with Crippen molar-refractivity contribution in [3.8, 4) is 0 Å². The first-order valence-corrected chi connectivity index (χ1v) is 6.31. The number of imide groups is 1. The van der Waals surface area contributed by atoms with E-state index in [1.807, 2.05) is 11.9 Å². The fourth-order valence-corrected chi connectivity index (χ4v) is 2.69. The highest BCUT2D eigenvalue weighted by Gasteiger charge is 2.38. The maximum Gasteiger partial charge on any atom is 0.246 e. The van der Waals surface area contributed by atoms with Gasteiger partial charge < -0.3 is 5.32 Å². The van der Waals surface area contributed by atoms with Gasteiger partial charge in [-0.25, -0.2) is 0 Å². The predicted octanol–water partition coefficient (Wildman–Crippen LogP) is -0.325. The Labute approximate surface area is 102 Å². The summed E-state index contributed by atoms with van der Waals surface area (Å²) in [5, 5.41) is 3.37. The van der Waals surface area contributed by atoms with Crippen LogP contribution in [-0.4, -0.2) is 61.4 Å². The Morgan fingerprint density at radius 1 is 1.47 bits per heavy atom. The Morgan fingerprint density at radius 3 is 2.76 bits per heavy atom. The van der Waals surface area contributed by atoms with Crippen molar-refractivity contribution in [1.82, 2.24) is 15.1 Å². The normalized spacial score (nSPS) is 30.4. The van der Waals surface area contributed by atoms with Gasteiger partial charge in [0.1, 0.15) is 0 Å². The molecule has 0 spiro atoms. The molecule has 2 unspecified atom stereocenters. The third kappa shape index (κ3) is 2.66. The summed E-state index contributed by atoms with van der Waals surface area (Å²) in [5.74, 6) is 0.484. The zero-order valence-electron chi connectivity index (χ0n) is 10.6. The monoisotopic (exact) mass is 239 g/mol. The lowest BCUT2D eigenvalue weighted by molar-refractivity contribution is -0.138. The smallest absolute Gasteiger partial charge is 0.246 e. The summed E-state index contributed by atoms with van der Waals surface area (Å²) in [5.41, 5.74) is 0. The van der Waals surface area contributed by atoms with E-state index < -0.39 is 0 Å². The highest BCUT2D eigenvalue weighted by atomic mass is 16.2. The Bertz CT molecular complexity index is 313. The number of rotatable bonds is 3. The Balaban J connectivity index is 1.89. The number of likely N-dealkylation sites (N-methyl/N-ethyl adjacent to an activating group) is 2. The molecule has 2 heterocycles. The summed E-state index contributed by atoms with van der Waals surface area (Å²) in [4.78, 5) is 26.6. The first kappa shape index (κ1) is 12.5. The molecule has 96 valence electrons. The highest BCUT2D eigenvalue weighted by molar-refractivity contribution is 6.05. The second-order valence-electron chi connectivity index (χ2n) is 5.16. The summed E-state index contributed by atoms with van der Waals surface area (Å²) in [6, 6.07) is -0.241. The third-order valence-corrected chi connectivity index (χ3v) is 3.83. The maximum absolute atomic E-state index is 11.8. The summed E-state index contributed by atoms with van der Waals surface area (Å²) < 4.78 is 0. The molecule has 0 aromatic rings. The molecule has 0 aromatic carbocycles. The second kappa shape index (κ2) is 5.14. The SMILES string of the molecule is CN1C(=O)CC(N(C)CC2CCCNC2)C1=O. The van der Waals surface area contributed by atoms with Crippen LogP contribution < -0.4 is 5.32 Å². The number of hydrogen-bond acceptors (Lipinski definition) is 4. The van der Waals surface area contributed by atoms with Gasteiger partial charge in [-0.3, -0.25) is 19.4 Å². The van der Waals surface area contributed by atoms with Gasteiger partial charge in [0.05, 0.1) is 12.5 Å². The molecule has 2 aliphatic heterocycles. The minimum Gasteiger partial charge on any atom is -0.316 e. The quantitative estimate of drug-likeness (QED) is 0.686. The van der Waals surface area contributed by atoms with Crippen molar-refractivity contribution in [3.63, 3.8) is 0 Å². The molecule has 5 heteroatoms. The average Bonchev–Trinajstić information content (AvgIpc) is 2.58. The van der Waals surface area contributed by atoms with Crippen molar-refractivity contribution < 1.29 is 9.59 Å². The van der Waals surface area contributed by atoms with Crippen LogP contribution in [0.2, 0.25) is 0 Å². The zero-order valence-corrected chi connectivity index (χ0v) is 10.6. The van der Waals surface area contributed by atoms with E-state index in [4.69, 9.17) is 0 Å². The number of nitrogens with one attached hydrogen (secondary N) is 1. The van der Waals surface area contributed by atoms with Crippen molar-refractivity contribution in [2.24, 2.45) is 5.92 Å². The van der Waals surface area contributed by atoms with Crippen LogP contribution in [0.4, 0.5) is 0 Å². The van der Waals surface area contributed by atoms with E-state index in [-0.39, 0.29) is 17.9 Å². The van der Waals surface area contributed by atoms with E-state index in [1.54, 1.807) is 7.05 Å². The topological polar surface area (TPSA) is 52.7 Å². The molecule has 5 nitrogen and oxygen atoms in total. The number of hydrogen-bond donors (Lipinski definition) is 1. The molecule has 0 saturated carbocycles. The Morgan fingerprint density at radius 2 is 2.24 bits per heavy atom. The summed E-state index contributed by atoms with van der Waals surface area (Å²) in [6.07, 6.45) is 2.75. The predicted molar refractivity (Wildman–Crippen MR) is 64.4 cm³/mol. The van der Waals surface area contributed by atoms with Gasteiger partial charge >= 0.3 is 0 Å². The van der Waals surface area contributed by atoms with Crippen molar-refractivity contribution in [1.29, 1.82) is 0 Å². The first-order valence-electron chi connectivity index (χ1n) is 6.31. The van der Waals surface area contributed by atoms with Crippen LogP contribution in [0.25, 0.3) is 0 Å². The summed E-state index contributed by atoms with van der Waals surface area (Å²) in [6.45, 7) is 3.02. The molecule has 17 heavy (non-hydrogen) atoms. The van der Waals surface area contributed by atoms with Gasteiger partial charge in [-0.05, 0) is 38.9 Å². The van der Waals surface area contributed by atoms with Crippen molar-refractivity contribution in [2.45, 2.75) is 25.3 Å². The number of carbonyl (C=O) groups is 2. The molecule has 0 aliphatic carbocycles. The van der Waals surface area contributed by atoms with Crippen molar-refractivity contribution >= 4 is 11.8 Å². The van der Waals surface area contributed by atoms with Crippen LogP contribution >= 0.6 is 0 Å². The number of amides is 2. The molecule has 0 radical (unpaired) electrons. The van der Waals surface area contributed by atoms with Crippen molar-refractivity contribution in [2.75, 3.05) is 33.7 Å².